The van der Waals surface area contributed by atoms with Gasteiger partial charge in [0.25, 0.3) is 0 Å². The van der Waals surface area contributed by atoms with E-state index in [4.69, 9.17) is 5.73 Å². The summed E-state index contributed by atoms with van der Waals surface area (Å²) in [4.78, 5) is 2.37. The topological polar surface area (TPSA) is 72.9 Å². The van der Waals surface area contributed by atoms with E-state index in [9.17, 15) is 0 Å². The van der Waals surface area contributed by atoms with Gasteiger partial charge in [-0.3, -0.25) is 4.90 Å². The van der Waals surface area contributed by atoms with E-state index in [0.717, 1.165) is 37.6 Å². The fourth-order valence-corrected chi connectivity index (χ4v) is 2.71. The molecule has 6 heteroatoms. The molecular weight excluding hydrogens is 252 g/mol. The SMILES string of the molecule is CC(N)C1CCN(Cc2nnnn2-c2ccccc2)C1. The van der Waals surface area contributed by atoms with Crippen LogP contribution in [0.3, 0.4) is 0 Å². The fourth-order valence-electron chi connectivity index (χ4n) is 2.71. The number of nitrogens with two attached hydrogens (primary N) is 1. The molecule has 0 aliphatic carbocycles. The summed E-state index contributed by atoms with van der Waals surface area (Å²) in [6.45, 7) is 4.94. The molecule has 1 aliphatic heterocycles. The van der Waals surface area contributed by atoms with Crippen molar-refractivity contribution in [3.63, 3.8) is 0 Å². The Hall–Kier alpha value is -1.79. The summed E-state index contributed by atoms with van der Waals surface area (Å²) in [7, 11) is 0. The van der Waals surface area contributed by atoms with Crippen LogP contribution in [-0.2, 0) is 6.54 Å². The first kappa shape index (κ1) is 13.2. The predicted molar refractivity (Wildman–Crippen MR) is 76.2 cm³/mol. The molecule has 1 fully saturated rings. The zero-order valence-corrected chi connectivity index (χ0v) is 11.7. The third-order valence-electron chi connectivity index (χ3n) is 3.95. The molecule has 1 aromatic carbocycles. The summed E-state index contributed by atoms with van der Waals surface area (Å²) in [6, 6.07) is 10.2. The Morgan fingerprint density at radius 1 is 1.35 bits per heavy atom. The van der Waals surface area contributed by atoms with Gasteiger partial charge in [0, 0.05) is 12.6 Å². The molecule has 1 aromatic heterocycles. The molecule has 6 nitrogen and oxygen atoms in total. The van der Waals surface area contributed by atoms with Crippen LogP contribution in [0.4, 0.5) is 0 Å². The van der Waals surface area contributed by atoms with Gasteiger partial charge in [0.2, 0.25) is 0 Å². The van der Waals surface area contributed by atoms with Crippen LogP contribution < -0.4 is 5.73 Å². The molecule has 2 atom stereocenters. The van der Waals surface area contributed by atoms with E-state index >= 15 is 0 Å². The lowest BCUT2D eigenvalue weighted by atomic mass is 10.0. The molecule has 2 heterocycles. The second-order valence-corrected chi connectivity index (χ2v) is 5.49. The van der Waals surface area contributed by atoms with Crippen molar-refractivity contribution in [3.8, 4) is 5.69 Å². The second kappa shape index (κ2) is 5.68. The number of benzene rings is 1. The molecule has 20 heavy (non-hydrogen) atoms. The van der Waals surface area contributed by atoms with Crippen LogP contribution in [0.1, 0.15) is 19.2 Å². The maximum atomic E-state index is 5.98. The van der Waals surface area contributed by atoms with E-state index in [1.807, 2.05) is 30.3 Å². The number of nitrogens with zero attached hydrogens (tertiary/aromatic N) is 5. The van der Waals surface area contributed by atoms with Gasteiger partial charge in [-0.2, -0.15) is 4.68 Å². The van der Waals surface area contributed by atoms with Gasteiger partial charge in [-0.1, -0.05) is 18.2 Å². The number of hydrogen-bond acceptors (Lipinski definition) is 5. The van der Waals surface area contributed by atoms with Crippen molar-refractivity contribution in [3.05, 3.63) is 36.2 Å². The number of aromatic nitrogens is 4. The molecule has 1 aliphatic rings. The van der Waals surface area contributed by atoms with Crippen LogP contribution in [0.5, 0.6) is 0 Å². The summed E-state index contributed by atoms with van der Waals surface area (Å²) < 4.78 is 1.80. The van der Waals surface area contributed by atoms with Gasteiger partial charge < -0.3 is 5.73 Å². The smallest absolute Gasteiger partial charge is 0.170 e. The van der Waals surface area contributed by atoms with Gasteiger partial charge in [-0.05, 0) is 48.4 Å². The molecule has 1 saturated heterocycles. The Morgan fingerprint density at radius 3 is 2.85 bits per heavy atom. The van der Waals surface area contributed by atoms with E-state index in [1.54, 1.807) is 4.68 Å². The average Bonchev–Trinajstić information content (AvgIpc) is 3.09. The number of rotatable bonds is 4. The first-order chi connectivity index (χ1) is 9.74. The quantitative estimate of drug-likeness (QED) is 0.892. The zero-order chi connectivity index (χ0) is 13.9. The normalized spacial score (nSPS) is 21.2. The maximum absolute atomic E-state index is 5.98. The minimum atomic E-state index is 0.255. The van der Waals surface area contributed by atoms with Crippen LogP contribution in [0.25, 0.3) is 5.69 Å². The first-order valence-corrected chi connectivity index (χ1v) is 7.04. The Balaban J connectivity index is 1.72. The van der Waals surface area contributed by atoms with E-state index in [-0.39, 0.29) is 6.04 Å². The van der Waals surface area contributed by atoms with Crippen molar-refractivity contribution in [1.29, 1.82) is 0 Å². The van der Waals surface area contributed by atoms with Crippen molar-refractivity contribution >= 4 is 0 Å². The summed E-state index contributed by atoms with van der Waals surface area (Å²) in [6.07, 6.45) is 1.16. The molecule has 0 saturated carbocycles. The second-order valence-electron chi connectivity index (χ2n) is 5.49. The third-order valence-corrected chi connectivity index (χ3v) is 3.95. The van der Waals surface area contributed by atoms with Crippen LogP contribution >= 0.6 is 0 Å². The summed E-state index contributed by atoms with van der Waals surface area (Å²) in [5.74, 6) is 1.46. The number of para-hydroxylation sites is 1. The van der Waals surface area contributed by atoms with Crippen molar-refractivity contribution in [1.82, 2.24) is 25.1 Å². The Morgan fingerprint density at radius 2 is 2.15 bits per heavy atom. The number of likely N-dealkylation sites (tertiary alicyclic amines) is 1. The molecule has 0 bridgehead atoms. The highest BCUT2D eigenvalue weighted by atomic mass is 15.5. The lowest BCUT2D eigenvalue weighted by Gasteiger charge is -2.17. The van der Waals surface area contributed by atoms with Crippen molar-refractivity contribution in [2.45, 2.75) is 25.9 Å². The molecule has 0 amide bonds. The van der Waals surface area contributed by atoms with Crippen LogP contribution in [0.15, 0.2) is 30.3 Å². The Labute approximate surface area is 118 Å². The van der Waals surface area contributed by atoms with Gasteiger partial charge in [-0.25, -0.2) is 0 Å². The highest BCUT2D eigenvalue weighted by Gasteiger charge is 2.26. The van der Waals surface area contributed by atoms with E-state index < -0.39 is 0 Å². The largest absolute Gasteiger partial charge is 0.328 e. The molecule has 2 aromatic rings. The number of tetrazole rings is 1. The number of hydrogen-bond donors (Lipinski definition) is 1. The highest BCUT2D eigenvalue weighted by Crippen LogP contribution is 2.20. The molecule has 106 valence electrons. The van der Waals surface area contributed by atoms with Crippen molar-refractivity contribution in [2.75, 3.05) is 13.1 Å². The van der Waals surface area contributed by atoms with E-state index in [0.29, 0.717) is 5.92 Å². The molecule has 2 N–H and O–H groups in total. The summed E-state index contributed by atoms with van der Waals surface area (Å²) in [5.41, 5.74) is 6.98. The van der Waals surface area contributed by atoms with Gasteiger partial charge in [0.05, 0.1) is 12.2 Å². The van der Waals surface area contributed by atoms with Crippen LogP contribution in [-0.4, -0.2) is 44.2 Å². The van der Waals surface area contributed by atoms with Gasteiger partial charge in [0.1, 0.15) is 0 Å². The zero-order valence-electron chi connectivity index (χ0n) is 11.7. The monoisotopic (exact) mass is 272 g/mol. The van der Waals surface area contributed by atoms with Crippen LogP contribution in [0.2, 0.25) is 0 Å². The molecule has 0 spiro atoms. The van der Waals surface area contributed by atoms with Gasteiger partial charge in [0.15, 0.2) is 5.82 Å². The van der Waals surface area contributed by atoms with Gasteiger partial charge >= 0.3 is 0 Å². The summed E-state index contributed by atoms with van der Waals surface area (Å²) in [5, 5.41) is 12.0. The van der Waals surface area contributed by atoms with E-state index in [1.165, 1.54) is 0 Å². The fraction of sp³-hybridized carbons (Fsp3) is 0.500. The average molecular weight is 272 g/mol. The first-order valence-electron chi connectivity index (χ1n) is 7.04. The lowest BCUT2D eigenvalue weighted by molar-refractivity contribution is 0.298. The van der Waals surface area contributed by atoms with Crippen LogP contribution in [0, 0.1) is 5.92 Å². The molecule has 3 rings (SSSR count). The molecule has 2 unspecified atom stereocenters. The molecule has 0 radical (unpaired) electrons. The Bertz CT molecular complexity index is 550. The maximum Gasteiger partial charge on any atom is 0.170 e. The predicted octanol–water partition coefficient (Wildman–Crippen LogP) is 0.831. The molecular formula is C14H20N6. The minimum absolute atomic E-state index is 0.255. The Kier molecular flexibility index (Phi) is 3.75. The van der Waals surface area contributed by atoms with Gasteiger partial charge in [-0.15, -0.1) is 5.10 Å². The van der Waals surface area contributed by atoms with E-state index in [2.05, 4.69) is 27.3 Å². The van der Waals surface area contributed by atoms with Crippen molar-refractivity contribution in [2.24, 2.45) is 11.7 Å². The van der Waals surface area contributed by atoms with Crippen molar-refractivity contribution < 1.29 is 0 Å². The third kappa shape index (κ3) is 2.71. The standard InChI is InChI=1S/C14H20N6/c1-11(15)12-7-8-19(9-12)10-14-16-17-18-20(14)13-5-3-2-4-6-13/h2-6,11-12H,7-10,15H2,1H3. The highest BCUT2D eigenvalue weighted by molar-refractivity contribution is 5.30. The lowest BCUT2D eigenvalue weighted by Crippen LogP contribution is -2.30. The summed E-state index contributed by atoms with van der Waals surface area (Å²) >= 11 is 0. The minimum Gasteiger partial charge on any atom is -0.328 e.